The van der Waals surface area contributed by atoms with E-state index >= 15 is 0 Å². The van der Waals surface area contributed by atoms with Crippen molar-refractivity contribution in [3.05, 3.63) is 59.1 Å². The summed E-state index contributed by atoms with van der Waals surface area (Å²) in [6.07, 6.45) is 0. The topological polar surface area (TPSA) is 79.5 Å². The van der Waals surface area contributed by atoms with Gasteiger partial charge in [0.1, 0.15) is 5.75 Å². The first-order valence-electron chi connectivity index (χ1n) is 9.58. The molecule has 1 aliphatic heterocycles. The number of thiophene rings is 1. The second-order valence-electron chi connectivity index (χ2n) is 6.79. The van der Waals surface area contributed by atoms with Crippen molar-refractivity contribution < 1.29 is 14.3 Å². The van der Waals surface area contributed by atoms with E-state index in [4.69, 9.17) is 9.47 Å². The molecule has 1 aliphatic rings. The molecule has 1 amide bonds. The molecule has 0 aliphatic carbocycles. The number of aromatic nitrogens is 2. The van der Waals surface area contributed by atoms with Gasteiger partial charge in [0.2, 0.25) is 0 Å². The Morgan fingerprint density at radius 1 is 1.31 bits per heavy atom. The minimum atomic E-state index is -0.184. The molecule has 0 radical (unpaired) electrons. The first-order chi connectivity index (χ1) is 14.2. The minimum Gasteiger partial charge on any atom is -0.497 e. The molecule has 1 aromatic carbocycles. The number of hydrogen-bond donors (Lipinski definition) is 2. The smallest absolute Gasteiger partial charge is 0.271 e. The number of rotatable bonds is 7. The molecule has 1 unspecified atom stereocenters. The highest BCUT2D eigenvalue weighted by Crippen LogP contribution is 2.25. The van der Waals surface area contributed by atoms with Gasteiger partial charge >= 0.3 is 0 Å². The fourth-order valence-corrected chi connectivity index (χ4v) is 4.14. The summed E-state index contributed by atoms with van der Waals surface area (Å²) in [5.74, 6) is 0.631. The summed E-state index contributed by atoms with van der Waals surface area (Å²) >= 11 is 1.61. The third kappa shape index (κ3) is 4.67. The predicted octanol–water partition coefficient (Wildman–Crippen LogP) is 2.95. The molecule has 29 heavy (non-hydrogen) atoms. The molecule has 7 nitrogen and oxygen atoms in total. The number of carbonyl (C=O) groups is 1. The average Bonchev–Trinajstić information content (AvgIpc) is 3.47. The van der Waals surface area contributed by atoms with Crippen molar-refractivity contribution in [2.45, 2.75) is 6.04 Å². The Hall–Kier alpha value is -2.68. The second-order valence-corrected chi connectivity index (χ2v) is 7.74. The first kappa shape index (κ1) is 19.6. The van der Waals surface area contributed by atoms with Crippen LogP contribution in [0.2, 0.25) is 0 Å². The van der Waals surface area contributed by atoms with Crippen molar-refractivity contribution in [2.75, 3.05) is 40.0 Å². The second kappa shape index (κ2) is 9.21. The Balaban J connectivity index is 1.46. The zero-order valence-electron chi connectivity index (χ0n) is 16.3. The van der Waals surface area contributed by atoms with Crippen LogP contribution in [0.1, 0.15) is 22.1 Å². The van der Waals surface area contributed by atoms with Crippen LogP contribution in [0.25, 0.3) is 10.6 Å². The molecule has 2 aromatic heterocycles. The third-order valence-corrected chi connectivity index (χ3v) is 5.94. The van der Waals surface area contributed by atoms with Crippen molar-refractivity contribution in [1.29, 1.82) is 0 Å². The van der Waals surface area contributed by atoms with Crippen molar-refractivity contribution in [2.24, 2.45) is 0 Å². The summed E-state index contributed by atoms with van der Waals surface area (Å²) in [5, 5.41) is 12.2. The molecule has 4 rings (SSSR count). The number of methoxy groups -OCH3 is 1. The largest absolute Gasteiger partial charge is 0.497 e. The number of nitrogens with one attached hydrogen (secondary N) is 2. The Morgan fingerprint density at radius 3 is 2.79 bits per heavy atom. The molecule has 1 saturated heterocycles. The zero-order chi connectivity index (χ0) is 20.1. The summed E-state index contributed by atoms with van der Waals surface area (Å²) in [7, 11) is 1.66. The van der Waals surface area contributed by atoms with Gasteiger partial charge in [-0.1, -0.05) is 18.2 Å². The van der Waals surface area contributed by atoms with E-state index in [9.17, 15) is 4.79 Å². The molecule has 1 fully saturated rings. The Kier molecular flexibility index (Phi) is 6.24. The van der Waals surface area contributed by atoms with Crippen LogP contribution in [0.4, 0.5) is 0 Å². The van der Waals surface area contributed by atoms with E-state index in [-0.39, 0.29) is 11.9 Å². The monoisotopic (exact) mass is 412 g/mol. The van der Waals surface area contributed by atoms with Crippen LogP contribution in [0.3, 0.4) is 0 Å². The van der Waals surface area contributed by atoms with Crippen LogP contribution in [0.15, 0.2) is 47.8 Å². The number of hydrogen-bond acceptors (Lipinski definition) is 6. The van der Waals surface area contributed by atoms with Crippen molar-refractivity contribution in [3.8, 4) is 16.3 Å². The van der Waals surface area contributed by atoms with E-state index in [1.165, 1.54) is 0 Å². The highest BCUT2D eigenvalue weighted by molar-refractivity contribution is 7.13. The van der Waals surface area contributed by atoms with Crippen molar-refractivity contribution in [3.63, 3.8) is 0 Å². The Labute approximate surface area is 173 Å². The average molecular weight is 413 g/mol. The van der Waals surface area contributed by atoms with Gasteiger partial charge in [0, 0.05) is 19.6 Å². The number of morpholine rings is 1. The van der Waals surface area contributed by atoms with Gasteiger partial charge < -0.3 is 14.8 Å². The molecule has 8 heteroatoms. The van der Waals surface area contributed by atoms with Gasteiger partial charge in [-0.2, -0.15) is 5.10 Å². The van der Waals surface area contributed by atoms with E-state index < -0.39 is 0 Å². The molecule has 3 heterocycles. The maximum Gasteiger partial charge on any atom is 0.271 e. The Morgan fingerprint density at radius 2 is 2.10 bits per heavy atom. The minimum absolute atomic E-state index is 0.0597. The van der Waals surface area contributed by atoms with Crippen LogP contribution in [0, 0.1) is 0 Å². The summed E-state index contributed by atoms with van der Waals surface area (Å²) in [6.45, 7) is 3.55. The van der Waals surface area contributed by atoms with Crippen LogP contribution in [0.5, 0.6) is 5.75 Å². The number of H-pyrrole nitrogens is 1. The van der Waals surface area contributed by atoms with Crippen LogP contribution >= 0.6 is 11.3 Å². The van der Waals surface area contributed by atoms with Gasteiger partial charge in [0.15, 0.2) is 5.69 Å². The number of aromatic amines is 1. The Bertz CT molecular complexity index is 918. The van der Waals surface area contributed by atoms with E-state index in [1.807, 2.05) is 29.6 Å². The summed E-state index contributed by atoms with van der Waals surface area (Å²) < 4.78 is 10.8. The number of amides is 1. The van der Waals surface area contributed by atoms with E-state index in [0.717, 1.165) is 35.0 Å². The van der Waals surface area contributed by atoms with E-state index in [2.05, 4.69) is 32.5 Å². The lowest BCUT2D eigenvalue weighted by molar-refractivity contribution is 0.0162. The summed E-state index contributed by atoms with van der Waals surface area (Å²) in [6, 6.07) is 13.8. The lowest BCUT2D eigenvalue weighted by Gasteiger charge is -2.35. The number of carbonyl (C=O) groups excluding carboxylic acids is 1. The SMILES string of the molecule is COc1ccc(C(CNC(=O)c2cc(-c3cccs3)[nH]n2)N2CCOCC2)cc1. The summed E-state index contributed by atoms with van der Waals surface area (Å²) in [5.41, 5.74) is 2.38. The molecule has 2 N–H and O–H groups in total. The van der Waals surface area contributed by atoms with E-state index in [0.29, 0.717) is 25.5 Å². The molecule has 152 valence electrons. The first-order valence-corrected chi connectivity index (χ1v) is 10.5. The van der Waals surface area contributed by atoms with Crippen LogP contribution < -0.4 is 10.1 Å². The highest BCUT2D eigenvalue weighted by atomic mass is 32.1. The van der Waals surface area contributed by atoms with Gasteiger partial charge in [-0.15, -0.1) is 11.3 Å². The van der Waals surface area contributed by atoms with Crippen molar-refractivity contribution in [1.82, 2.24) is 20.4 Å². The zero-order valence-corrected chi connectivity index (χ0v) is 17.1. The summed E-state index contributed by atoms with van der Waals surface area (Å²) in [4.78, 5) is 16.1. The number of nitrogens with zero attached hydrogens (tertiary/aromatic N) is 2. The fraction of sp³-hybridized carbons (Fsp3) is 0.333. The van der Waals surface area contributed by atoms with Crippen molar-refractivity contribution >= 4 is 17.2 Å². The fourth-order valence-electron chi connectivity index (χ4n) is 3.45. The predicted molar refractivity (Wildman–Crippen MR) is 112 cm³/mol. The lowest BCUT2D eigenvalue weighted by Crippen LogP contribution is -2.43. The number of ether oxygens (including phenoxy) is 2. The third-order valence-electron chi connectivity index (χ3n) is 5.04. The highest BCUT2D eigenvalue weighted by Gasteiger charge is 2.24. The van der Waals surface area contributed by atoms with Gasteiger partial charge in [-0.3, -0.25) is 14.8 Å². The molecule has 3 aromatic rings. The number of benzene rings is 1. The van der Waals surface area contributed by atoms with Gasteiger partial charge in [0.25, 0.3) is 5.91 Å². The standard InChI is InChI=1S/C21H24N4O3S/c1-27-16-6-4-15(5-7-16)19(25-8-10-28-11-9-25)14-22-21(26)18-13-17(23-24-18)20-3-2-12-29-20/h2-7,12-13,19H,8-11,14H2,1H3,(H,22,26)(H,23,24). The van der Waals surface area contributed by atoms with Crippen LogP contribution in [-0.2, 0) is 4.74 Å². The molecule has 0 saturated carbocycles. The molecule has 0 spiro atoms. The van der Waals surface area contributed by atoms with Crippen LogP contribution in [-0.4, -0.2) is 61.0 Å². The lowest BCUT2D eigenvalue weighted by atomic mass is 10.0. The molecule has 1 atom stereocenters. The quantitative estimate of drug-likeness (QED) is 0.624. The molecular formula is C21H24N4O3S. The van der Waals surface area contributed by atoms with Gasteiger partial charge in [0.05, 0.1) is 36.9 Å². The maximum absolute atomic E-state index is 12.7. The normalized spacial score (nSPS) is 15.8. The maximum atomic E-state index is 12.7. The van der Waals surface area contributed by atoms with E-state index in [1.54, 1.807) is 24.5 Å². The molecular weight excluding hydrogens is 388 g/mol. The van der Waals surface area contributed by atoms with Gasteiger partial charge in [-0.05, 0) is 35.2 Å². The molecule has 0 bridgehead atoms. The van der Waals surface area contributed by atoms with Gasteiger partial charge in [-0.25, -0.2) is 0 Å².